The van der Waals surface area contributed by atoms with Gasteiger partial charge in [0.05, 0.1) is 23.9 Å². The molecule has 0 radical (unpaired) electrons. The number of rotatable bonds is 3. The predicted molar refractivity (Wildman–Crippen MR) is 105 cm³/mol. The zero-order valence-corrected chi connectivity index (χ0v) is 15.5. The molecule has 0 bridgehead atoms. The maximum atomic E-state index is 12.9. The summed E-state index contributed by atoms with van der Waals surface area (Å²) < 4.78 is 4.12. The van der Waals surface area contributed by atoms with Gasteiger partial charge in [-0.15, -0.1) is 5.10 Å². The Kier molecular flexibility index (Phi) is 4.24. The molecule has 0 aliphatic carbocycles. The summed E-state index contributed by atoms with van der Waals surface area (Å²) >= 11 is 0. The smallest absolute Gasteiger partial charge is 0.282 e. The molecule has 0 saturated carbocycles. The summed E-state index contributed by atoms with van der Waals surface area (Å²) in [6.07, 6.45) is 4.28. The number of nitrogens with one attached hydrogen (secondary N) is 1. The number of nitrogens with zero attached hydrogens (tertiary/aromatic N) is 7. The number of para-hydroxylation sites is 1. The fourth-order valence-electron chi connectivity index (χ4n) is 3.54. The van der Waals surface area contributed by atoms with Gasteiger partial charge in [0.2, 0.25) is 0 Å². The number of fused-ring (bicyclic) bond motifs is 2. The summed E-state index contributed by atoms with van der Waals surface area (Å²) in [5.41, 5.74) is 2.16. The van der Waals surface area contributed by atoms with Crippen LogP contribution >= 0.6 is 0 Å². The van der Waals surface area contributed by atoms with Crippen molar-refractivity contribution in [3.05, 3.63) is 74.8 Å². The summed E-state index contributed by atoms with van der Waals surface area (Å²) in [6, 6.07) is 9.40. The molecule has 4 heterocycles. The highest BCUT2D eigenvalue weighted by Crippen LogP contribution is 2.12. The van der Waals surface area contributed by atoms with Gasteiger partial charge in [0, 0.05) is 18.5 Å². The van der Waals surface area contributed by atoms with E-state index in [-0.39, 0.29) is 17.8 Å². The van der Waals surface area contributed by atoms with E-state index in [2.05, 4.69) is 25.7 Å². The van der Waals surface area contributed by atoms with E-state index in [4.69, 9.17) is 0 Å². The second-order valence-electron chi connectivity index (χ2n) is 6.86. The van der Waals surface area contributed by atoms with Crippen molar-refractivity contribution in [3.63, 3.8) is 0 Å². The normalized spacial score (nSPS) is 13.9. The Bertz CT molecular complexity index is 1310. The largest absolute Gasteiger partial charge is 0.316 e. The van der Waals surface area contributed by atoms with Gasteiger partial charge in [-0.1, -0.05) is 23.4 Å². The average molecular weight is 390 g/mol. The highest BCUT2D eigenvalue weighted by Gasteiger charge is 2.16. The van der Waals surface area contributed by atoms with Gasteiger partial charge in [-0.05, 0) is 25.1 Å². The minimum absolute atomic E-state index is 0.0508. The molecule has 1 aliphatic rings. The molecule has 4 aromatic rings. The maximum Gasteiger partial charge on any atom is 0.282 e. The molecule has 5 rings (SSSR count). The number of aromatic nitrogens is 7. The minimum Gasteiger partial charge on any atom is -0.316 e. The van der Waals surface area contributed by atoms with Crippen LogP contribution in [0, 0.1) is 0 Å². The van der Waals surface area contributed by atoms with E-state index < -0.39 is 0 Å². The Hall–Kier alpha value is -3.66. The Labute approximate surface area is 164 Å². The molecule has 0 saturated heterocycles. The molecule has 0 amide bonds. The molecule has 1 aliphatic heterocycles. The fourth-order valence-corrected chi connectivity index (χ4v) is 3.54. The zero-order valence-electron chi connectivity index (χ0n) is 15.5. The number of benzene rings is 1. The lowest BCUT2D eigenvalue weighted by Crippen LogP contribution is -2.34. The molecular formula is C19H18N8O2. The van der Waals surface area contributed by atoms with Gasteiger partial charge in [0.1, 0.15) is 12.1 Å². The minimum atomic E-state index is -0.360. The summed E-state index contributed by atoms with van der Waals surface area (Å²) in [6.45, 7) is 1.49. The van der Waals surface area contributed by atoms with Crippen molar-refractivity contribution in [2.24, 2.45) is 0 Å². The van der Waals surface area contributed by atoms with Gasteiger partial charge in [-0.25, -0.2) is 9.67 Å². The van der Waals surface area contributed by atoms with Gasteiger partial charge in [0.15, 0.2) is 5.65 Å². The molecule has 10 heteroatoms. The van der Waals surface area contributed by atoms with Crippen LogP contribution in [0.1, 0.15) is 11.3 Å². The molecule has 146 valence electrons. The van der Waals surface area contributed by atoms with Gasteiger partial charge in [-0.3, -0.25) is 14.2 Å². The van der Waals surface area contributed by atoms with E-state index in [0.29, 0.717) is 23.0 Å². The fraction of sp³-hybridized carbons (Fsp3) is 0.263. The van der Waals surface area contributed by atoms with Crippen molar-refractivity contribution in [2.45, 2.75) is 19.5 Å². The summed E-state index contributed by atoms with van der Waals surface area (Å²) in [7, 11) is 0. The van der Waals surface area contributed by atoms with Crippen LogP contribution in [-0.4, -0.2) is 47.4 Å². The van der Waals surface area contributed by atoms with Crippen molar-refractivity contribution in [2.75, 3.05) is 13.1 Å². The lowest BCUT2D eigenvalue weighted by atomic mass is 10.1. The van der Waals surface area contributed by atoms with Crippen molar-refractivity contribution in [3.8, 4) is 5.69 Å². The SMILES string of the molecule is O=c1c2c(ncn1Cn1nnc3c(cnn3-c3ccccc3)c1=O)CCNCC2. The van der Waals surface area contributed by atoms with Crippen molar-refractivity contribution < 1.29 is 0 Å². The van der Waals surface area contributed by atoms with Crippen LogP contribution in [0.5, 0.6) is 0 Å². The standard InChI is InChI=1S/C19H18N8O2/c28-18-14-6-8-20-9-7-16(14)21-11-25(18)12-26-19(29)15-10-22-27(17(15)23-24-26)13-4-2-1-3-5-13/h1-5,10-11,20H,6-9,12H2. The molecule has 0 atom stereocenters. The molecule has 10 nitrogen and oxygen atoms in total. The zero-order chi connectivity index (χ0) is 19.8. The third-order valence-corrected chi connectivity index (χ3v) is 5.05. The topological polar surface area (TPSA) is 113 Å². The van der Waals surface area contributed by atoms with E-state index in [1.54, 1.807) is 4.68 Å². The third-order valence-electron chi connectivity index (χ3n) is 5.05. The first kappa shape index (κ1) is 17.4. The summed E-state index contributed by atoms with van der Waals surface area (Å²) in [4.78, 5) is 30.2. The highest BCUT2D eigenvalue weighted by molar-refractivity contribution is 5.74. The highest BCUT2D eigenvalue weighted by atomic mass is 16.1. The van der Waals surface area contributed by atoms with Crippen molar-refractivity contribution >= 4 is 11.0 Å². The molecule has 29 heavy (non-hydrogen) atoms. The predicted octanol–water partition coefficient (Wildman–Crippen LogP) is -0.272. The first-order chi connectivity index (χ1) is 14.2. The molecule has 1 N–H and O–H groups in total. The Morgan fingerprint density at radius 1 is 1.03 bits per heavy atom. The Balaban J connectivity index is 1.54. The van der Waals surface area contributed by atoms with E-state index in [1.807, 2.05) is 30.3 Å². The maximum absolute atomic E-state index is 12.9. The van der Waals surface area contributed by atoms with Gasteiger partial charge in [0.25, 0.3) is 11.1 Å². The first-order valence-electron chi connectivity index (χ1n) is 9.37. The second kappa shape index (κ2) is 7.06. The molecule has 0 spiro atoms. The third kappa shape index (κ3) is 3.03. The average Bonchev–Trinajstić information content (AvgIpc) is 3.03. The monoisotopic (exact) mass is 390 g/mol. The van der Waals surface area contributed by atoms with Crippen LogP contribution < -0.4 is 16.4 Å². The number of hydrogen-bond acceptors (Lipinski definition) is 7. The van der Waals surface area contributed by atoms with Gasteiger partial charge >= 0.3 is 0 Å². The van der Waals surface area contributed by atoms with Crippen LogP contribution in [0.25, 0.3) is 16.7 Å². The van der Waals surface area contributed by atoms with E-state index in [0.717, 1.165) is 35.6 Å². The van der Waals surface area contributed by atoms with Crippen molar-refractivity contribution in [1.29, 1.82) is 0 Å². The Morgan fingerprint density at radius 2 is 1.86 bits per heavy atom. The van der Waals surface area contributed by atoms with Crippen LogP contribution in [0.2, 0.25) is 0 Å². The second-order valence-corrected chi connectivity index (χ2v) is 6.86. The Morgan fingerprint density at radius 3 is 2.72 bits per heavy atom. The summed E-state index contributed by atoms with van der Waals surface area (Å²) in [5, 5.41) is 16.1. The van der Waals surface area contributed by atoms with Crippen molar-refractivity contribution in [1.82, 2.24) is 39.6 Å². The number of hydrogen-bond donors (Lipinski definition) is 1. The molecule has 1 aromatic carbocycles. The first-order valence-corrected chi connectivity index (χ1v) is 9.37. The molecule has 0 unspecified atom stereocenters. The van der Waals surface area contributed by atoms with Crippen LogP contribution in [0.3, 0.4) is 0 Å². The van der Waals surface area contributed by atoms with E-state index in [1.165, 1.54) is 17.1 Å². The lowest BCUT2D eigenvalue weighted by molar-refractivity contribution is 0.480. The molecular weight excluding hydrogens is 372 g/mol. The van der Waals surface area contributed by atoms with E-state index in [9.17, 15) is 9.59 Å². The van der Waals surface area contributed by atoms with Crippen LogP contribution in [-0.2, 0) is 19.5 Å². The summed E-state index contributed by atoms with van der Waals surface area (Å²) in [5.74, 6) is 0. The van der Waals surface area contributed by atoms with Crippen LogP contribution in [0.4, 0.5) is 0 Å². The van der Waals surface area contributed by atoms with Gasteiger partial charge < -0.3 is 5.32 Å². The lowest BCUT2D eigenvalue weighted by Gasteiger charge is -2.10. The van der Waals surface area contributed by atoms with Crippen LogP contribution in [0.15, 0.2) is 52.4 Å². The quantitative estimate of drug-likeness (QED) is 0.512. The van der Waals surface area contributed by atoms with E-state index >= 15 is 0 Å². The van der Waals surface area contributed by atoms with Gasteiger partial charge in [-0.2, -0.15) is 9.78 Å². The molecule has 3 aromatic heterocycles. The molecule has 0 fully saturated rings.